The second-order valence-corrected chi connectivity index (χ2v) is 15.6. The zero-order valence-corrected chi connectivity index (χ0v) is 35.8. The molecule has 9 nitrogen and oxygen atoms in total. The predicted molar refractivity (Wildman–Crippen MR) is 229 cm³/mol. The van der Waals surface area contributed by atoms with Gasteiger partial charge in [-0.05, 0) is 77.0 Å². The lowest BCUT2D eigenvalue weighted by atomic mass is 10.1. The van der Waals surface area contributed by atoms with Crippen LogP contribution in [0.5, 0.6) is 0 Å². The number of esters is 2. The lowest BCUT2D eigenvalue weighted by Gasteiger charge is -2.19. The van der Waals surface area contributed by atoms with E-state index < -0.39 is 32.5 Å². The molecule has 1 unspecified atom stereocenters. The van der Waals surface area contributed by atoms with Crippen molar-refractivity contribution < 1.29 is 37.6 Å². The third-order valence-electron chi connectivity index (χ3n) is 8.89. The van der Waals surface area contributed by atoms with Crippen LogP contribution < -0.4 is 5.73 Å². The van der Waals surface area contributed by atoms with Gasteiger partial charge in [0.15, 0.2) is 6.10 Å². The zero-order chi connectivity index (χ0) is 40.3. The Bertz CT molecular complexity index is 1090. The topological polar surface area (TPSA) is 134 Å². The first-order valence-corrected chi connectivity index (χ1v) is 23.3. The van der Waals surface area contributed by atoms with Crippen LogP contribution in [0.15, 0.2) is 60.8 Å². The smallest absolute Gasteiger partial charge is 0.462 e. The lowest BCUT2D eigenvalue weighted by Crippen LogP contribution is -2.29. The first-order valence-electron chi connectivity index (χ1n) is 21.8. The molecular weight excluding hydrogens is 713 g/mol. The molecule has 2 atom stereocenters. The van der Waals surface area contributed by atoms with E-state index in [1.807, 2.05) is 0 Å². The molecular formula is C45H80NO8P. The van der Waals surface area contributed by atoms with Crippen LogP contribution in [0, 0.1) is 0 Å². The van der Waals surface area contributed by atoms with Crippen LogP contribution in [0.2, 0.25) is 0 Å². The van der Waals surface area contributed by atoms with Gasteiger partial charge in [0.2, 0.25) is 0 Å². The molecule has 0 radical (unpaired) electrons. The van der Waals surface area contributed by atoms with Crippen molar-refractivity contribution >= 4 is 19.8 Å². The first kappa shape index (κ1) is 52.7. The van der Waals surface area contributed by atoms with Crippen LogP contribution >= 0.6 is 7.82 Å². The standard InChI is InChI=1S/C45H80NO8P/c1-3-5-7-9-11-13-15-17-19-20-21-22-24-25-27-29-31-33-35-37-44(47)51-41-43(42-53-55(49,50)52-40-39-46)54-45(48)38-36-34-32-30-28-26-23-18-16-14-12-10-8-6-4-2/h6,8,12,14,17-19,23,28,30,43H,3-5,7,9-11,13,15-16,20-22,24-27,29,31-42,46H2,1-2H3,(H,49,50)/b8-6+,14-12+,19-17+,23-18+,30-28+/t43-/m1/s1. The van der Waals surface area contributed by atoms with Gasteiger partial charge in [0, 0.05) is 19.4 Å². The van der Waals surface area contributed by atoms with Gasteiger partial charge in [0.05, 0.1) is 13.2 Å². The summed E-state index contributed by atoms with van der Waals surface area (Å²) in [5.74, 6) is -0.882. The maximum atomic E-state index is 12.6. The molecule has 0 fully saturated rings. The molecule has 0 aromatic rings. The molecule has 0 bridgehead atoms. The van der Waals surface area contributed by atoms with Crippen LogP contribution in [0.25, 0.3) is 0 Å². The van der Waals surface area contributed by atoms with E-state index in [0.29, 0.717) is 6.42 Å². The molecule has 0 saturated carbocycles. The number of phosphoric acid groups is 1. The summed E-state index contributed by atoms with van der Waals surface area (Å²) in [7, 11) is -4.39. The summed E-state index contributed by atoms with van der Waals surface area (Å²) in [6.45, 7) is 3.56. The van der Waals surface area contributed by atoms with Crippen molar-refractivity contribution in [1.82, 2.24) is 0 Å². The summed E-state index contributed by atoms with van der Waals surface area (Å²) in [6, 6.07) is 0. The maximum Gasteiger partial charge on any atom is 0.472 e. The highest BCUT2D eigenvalue weighted by molar-refractivity contribution is 7.47. The van der Waals surface area contributed by atoms with Crippen LogP contribution in [-0.4, -0.2) is 49.3 Å². The summed E-state index contributed by atoms with van der Waals surface area (Å²) < 4.78 is 32.7. The zero-order valence-electron chi connectivity index (χ0n) is 34.9. The normalized spacial score (nSPS) is 13.9. The number of allylic oxidation sites excluding steroid dienone is 10. The third-order valence-corrected chi connectivity index (χ3v) is 9.87. The Balaban J connectivity index is 4.19. The van der Waals surface area contributed by atoms with E-state index in [2.05, 4.69) is 74.6 Å². The van der Waals surface area contributed by atoms with Gasteiger partial charge in [0.1, 0.15) is 6.61 Å². The van der Waals surface area contributed by atoms with Crippen LogP contribution in [0.1, 0.15) is 181 Å². The van der Waals surface area contributed by atoms with Crippen LogP contribution in [0.4, 0.5) is 0 Å². The highest BCUT2D eigenvalue weighted by Crippen LogP contribution is 2.43. The Morgan fingerprint density at radius 1 is 0.564 bits per heavy atom. The minimum absolute atomic E-state index is 0.0440. The fraction of sp³-hybridized carbons (Fsp3) is 0.733. The molecule has 3 N–H and O–H groups in total. The summed E-state index contributed by atoms with van der Waals surface area (Å²) in [5.41, 5.74) is 5.34. The lowest BCUT2D eigenvalue weighted by molar-refractivity contribution is -0.161. The number of unbranched alkanes of at least 4 members (excludes halogenated alkanes) is 17. The predicted octanol–water partition coefficient (Wildman–Crippen LogP) is 12.5. The molecule has 0 aliphatic carbocycles. The average Bonchev–Trinajstić information content (AvgIpc) is 3.17. The number of carbonyl (C=O) groups excluding carboxylic acids is 2. The molecule has 0 aromatic carbocycles. The van der Waals surface area contributed by atoms with Crippen molar-refractivity contribution in [3.63, 3.8) is 0 Å². The average molecular weight is 794 g/mol. The molecule has 55 heavy (non-hydrogen) atoms. The van der Waals surface area contributed by atoms with Crippen molar-refractivity contribution in [3.8, 4) is 0 Å². The van der Waals surface area contributed by atoms with Gasteiger partial charge < -0.3 is 20.1 Å². The van der Waals surface area contributed by atoms with E-state index in [-0.39, 0.29) is 32.6 Å². The number of hydrogen-bond acceptors (Lipinski definition) is 8. The van der Waals surface area contributed by atoms with Crippen molar-refractivity contribution in [3.05, 3.63) is 60.8 Å². The van der Waals surface area contributed by atoms with Crippen molar-refractivity contribution in [2.24, 2.45) is 5.73 Å². The van der Waals surface area contributed by atoms with Gasteiger partial charge >= 0.3 is 19.8 Å². The van der Waals surface area contributed by atoms with Crippen molar-refractivity contribution in [2.45, 2.75) is 187 Å². The molecule has 0 heterocycles. The number of ether oxygens (including phenoxy) is 2. The minimum atomic E-state index is -4.39. The summed E-state index contributed by atoms with van der Waals surface area (Å²) >= 11 is 0. The van der Waals surface area contributed by atoms with Crippen LogP contribution in [-0.2, 0) is 32.7 Å². The van der Waals surface area contributed by atoms with Gasteiger partial charge in [0.25, 0.3) is 0 Å². The summed E-state index contributed by atoms with van der Waals surface area (Å²) in [5, 5.41) is 0. The van der Waals surface area contributed by atoms with E-state index in [1.165, 1.54) is 89.9 Å². The highest BCUT2D eigenvalue weighted by atomic mass is 31.2. The third kappa shape index (κ3) is 41.2. The molecule has 0 saturated heterocycles. The molecule has 0 aliphatic heterocycles. The van der Waals surface area contributed by atoms with Crippen molar-refractivity contribution in [1.29, 1.82) is 0 Å². The molecule has 0 amide bonds. The second kappa shape index (κ2) is 41.3. The van der Waals surface area contributed by atoms with E-state index in [4.69, 9.17) is 24.3 Å². The summed E-state index contributed by atoms with van der Waals surface area (Å²) in [6.07, 6.45) is 48.3. The number of hydrogen-bond donors (Lipinski definition) is 2. The highest BCUT2D eigenvalue weighted by Gasteiger charge is 2.25. The molecule has 0 rings (SSSR count). The number of carbonyl (C=O) groups is 2. The molecule has 0 spiro atoms. The Hall–Kier alpha value is -2.29. The van der Waals surface area contributed by atoms with Gasteiger partial charge in [-0.2, -0.15) is 0 Å². The van der Waals surface area contributed by atoms with E-state index in [9.17, 15) is 19.0 Å². The minimum Gasteiger partial charge on any atom is -0.462 e. The molecule has 10 heteroatoms. The Labute approximate surface area is 336 Å². The Morgan fingerprint density at radius 2 is 1.00 bits per heavy atom. The molecule has 318 valence electrons. The summed E-state index contributed by atoms with van der Waals surface area (Å²) in [4.78, 5) is 34.8. The van der Waals surface area contributed by atoms with Gasteiger partial charge in [-0.3, -0.25) is 18.6 Å². The Morgan fingerprint density at radius 3 is 1.55 bits per heavy atom. The number of phosphoric ester groups is 1. The first-order chi connectivity index (χ1) is 26.8. The Kier molecular flexibility index (Phi) is 39.6. The molecule has 0 aliphatic rings. The quantitative estimate of drug-likeness (QED) is 0.0269. The second-order valence-electron chi connectivity index (χ2n) is 14.2. The largest absolute Gasteiger partial charge is 0.472 e. The maximum absolute atomic E-state index is 12.6. The van der Waals surface area contributed by atoms with Crippen molar-refractivity contribution in [2.75, 3.05) is 26.4 Å². The van der Waals surface area contributed by atoms with E-state index >= 15 is 0 Å². The van der Waals surface area contributed by atoms with E-state index in [1.54, 1.807) is 0 Å². The fourth-order valence-electron chi connectivity index (χ4n) is 5.68. The number of rotatable bonds is 40. The monoisotopic (exact) mass is 794 g/mol. The van der Waals surface area contributed by atoms with Crippen LogP contribution in [0.3, 0.4) is 0 Å². The van der Waals surface area contributed by atoms with Gasteiger partial charge in [-0.1, -0.05) is 152 Å². The van der Waals surface area contributed by atoms with Gasteiger partial charge in [-0.15, -0.1) is 0 Å². The number of nitrogens with two attached hydrogens (primary N) is 1. The molecule has 0 aromatic heterocycles. The van der Waals surface area contributed by atoms with Gasteiger partial charge in [-0.25, -0.2) is 4.57 Å². The van der Waals surface area contributed by atoms with E-state index in [0.717, 1.165) is 57.8 Å². The SMILES string of the molecule is CC/C=C/C/C=C/C/C=C/C/C=C/CCCCC(=O)O[C@H](COC(=O)CCCCCCCCCCC/C=C/CCCCCCCC)COP(=O)(O)OCCN. The fourth-order valence-corrected chi connectivity index (χ4v) is 6.44.